The Morgan fingerprint density at radius 2 is 1.95 bits per heavy atom. The van der Waals surface area contributed by atoms with Gasteiger partial charge in [0.15, 0.2) is 0 Å². The molecule has 0 spiro atoms. The normalized spacial score (nSPS) is 15.5. The molecular formula is C18H25NO. The third kappa shape index (κ3) is 4.22. The maximum atomic E-state index is 12.3. The molecule has 1 fully saturated rings. The summed E-state index contributed by atoms with van der Waals surface area (Å²) in [5, 5.41) is 0. The molecule has 0 aliphatic heterocycles. The fraction of sp³-hybridized carbons (Fsp3) is 0.500. The fourth-order valence-electron chi connectivity index (χ4n) is 2.35. The predicted octanol–water partition coefficient (Wildman–Crippen LogP) is 3.98. The predicted molar refractivity (Wildman–Crippen MR) is 84.2 cm³/mol. The maximum Gasteiger partial charge on any atom is 0.225 e. The van der Waals surface area contributed by atoms with Gasteiger partial charge in [-0.25, -0.2) is 0 Å². The van der Waals surface area contributed by atoms with Gasteiger partial charge in [-0.15, -0.1) is 0 Å². The monoisotopic (exact) mass is 271 g/mol. The van der Waals surface area contributed by atoms with Crippen molar-refractivity contribution in [3.8, 4) is 0 Å². The minimum Gasteiger partial charge on any atom is -0.338 e. The SMILES string of the molecule is CC(=CCN(CC(C)C)C(=O)C1CC1)c1ccccc1. The lowest BCUT2D eigenvalue weighted by molar-refractivity contribution is -0.132. The van der Waals surface area contributed by atoms with E-state index < -0.39 is 0 Å². The van der Waals surface area contributed by atoms with Crippen molar-refractivity contribution in [3.05, 3.63) is 42.0 Å². The van der Waals surface area contributed by atoms with Crippen LogP contribution in [0.4, 0.5) is 0 Å². The summed E-state index contributed by atoms with van der Waals surface area (Å²) in [4.78, 5) is 14.3. The third-order valence-electron chi connectivity index (χ3n) is 3.67. The molecule has 0 aromatic heterocycles. The molecular weight excluding hydrogens is 246 g/mol. The molecule has 0 N–H and O–H groups in total. The van der Waals surface area contributed by atoms with E-state index in [2.05, 4.69) is 39.0 Å². The standard InChI is InChI=1S/C18H25NO/c1-14(2)13-19(18(20)17-9-10-17)12-11-15(3)16-7-5-4-6-8-16/h4-8,11,14,17H,9-10,12-13H2,1-3H3. The first-order valence-corrected chi connectivity index (χ1v) is 7.59. The van der Waals surface area contributed by atoms with Gasteiger partial charge in [0.1, 0.15) is 0 Å². The molecule has 1 aromatic rings. The van der Waals surface area contributed by atoms with Crippen LogP contribution in [0.25, 0.3) is 5.57 Å². The lowest BCUT2D eigenvalue weighted by Crippen LogP contribution is -2.35. The molecule has 2 nitrogen and oxygen atoms in total. The van der Waals surface area contributed by atoms with Crippen LogP contribution < -0.4 is 0 Å². The van der Waals surface area contributed by atoms with E-state index in [4.69, 9.17) is 0 Å². The van der Waals surface area contributed by atoms with Gasteiger partial charge in [-0.1, -0.05) is 50.3 Å². The van der Waals surface area contributed by atoms with Crippen molar-refractivity contribution < 1.29 is 4.79 Å². The molecule has 1 aliphatic carbocycles. The average Bonchev–Trinajstić information content (AvgIpc) is 3.27. The highest BCUT2D eigenvalue weighted by atomic mass is 16.2. The summed E-state index contributed by atoms with van der Waals surface area (Å²) < 4.78 is 0. The first-order chi connectivity index (χ1) is 9.58. The highest BCUT2D eigenvalue weighted by molar-refractivity contribution is 5.81. The van der Waals surface area contributed by atoms with Gasteiger partial charge in [-0.3, -0.25) is 4.79 Å². The van der Waals surface area contributed by atoms with E-state index in [1.807, 2.05) is 23.1 Å². The van der Waals surface area contributed by atoms with Crippen molar-refractivity contribution in [2.24, 2.45) is 11.8 Å². The minimum atomic E-state index is 0.305. The van der Waals surface area contributed by atoms with E-state index in [-0.39, 0.29) is 0 Å². The number of allylic oxidation sites excluding steroid dienone is 1. The first-order valence-electron chi connectivity index (χ1n) is 7.59. The molecule has 0 saturated heterocycles. The van der Waals surface area contributed by atoms with Crippen LogP contribution in [0.5, 0.6) is 0 Å². The van der Waals surface area contributed by atoms with Gasteiger partial charge in [0, 0.05) is 19.0 Å². The summed E-state index contributed by atoms with van der Waals surface area (Å²) in [5.74, 6) is 1.16. The minimum absolute atomic E-state index is 0.305. The number of hydrogen-bond donors (Lipinski definition) is 0. The average molecular weight is 271 g/mol. The molecule has 2 rings (SSSR count). The topological polar surface area (TPSA) is 20.3 Å². The third-order valence-corrected chi connectivity index (χ3v) is 3.67. The number of nitrogens with zero attached hydrogens (tertiary/aromatic N) is 1. The van der Waals surface area contributed by atoms with Gasteiger partial charge in [0.2, 0.25) is 5.91 Å². The number of benzene rings is 1. The van der Waals surface area contributed by atoms with Crippen molar-refractivity contribution >= 4 is 11.5 Å². The summed E-state index contributed by atoms with van der Waals surface area (Å²) in [7, 11) is 0. The van der Waals surface area contributed by atoms with Crippen molar-refractivity contribution in [2.45, 2.75) is 33.6 Å². The van der Waals surface area contributed by atoms with Crippen LogP contribution in [-0.2, 0) is 4.79 Å². The Morgan fingerprint density at radius 3 is 2.50 bits per heavy atom. The van der Waals surface area contributed by atoms with Crippen LogP contribution in [-0.4, -0.2) is 23.9 Å². The van der Waals surface area contributed by atoms with Gasteiger partial charge in [0.25, 0.3) is 0 Å². The van der Waals surface area contributed by atoms with Gasteiger partial charge in [0.05, 0.1) is 0 Å². The zero-order valence-electron chi connectivity index (χ0n) is 12.8. The Kier molecular flexibility index (Phi) is 4.99. The van der Waals surface area contributed by atoms with Crippen molar-refractivity contribution in [3.63, 3.8) is 0 Å². The highest BCUT2D eigenvalue weighted by Crippen LogP contribution is 2.31. The molecule has 0 bridgehead atoms. The summed E-state index contributed by atoms with van der Waals surface area (Å²) in [6.45, 7) is 8.04. The van der Waals surface area contributed by atoms with Crippen molar-refractivity contribution in [1.29, 1.82) is 0 Å². The van der Waals surface area contributed by atoms with Gasteiger partial charge in [-0.2, -0.15) is 0 Å². The van der Waals surface area contributed by atoms with E-state index in [9.17, 15) is 4.79 Å². The summed E-state index contributed by atoms with van der Waals surface area (Å²) >= 11 is 0. The summed E-state index contributed by atoms with van der Waals surface area (Å²) in [6, 6.07) is 10.4. The van der Waals surface area contributed by atoms with Crippen LogP contribution >= 0.6 is 0 Å². The largest absolute Gasteiger partial charge is 0.338 e. The Hall–Kier alpha value is -1.57. The summed E-state index contributed by atoms with van der Waals surface area (Å²) in [5.41, 5.74) is 2.47. The van der Waals surface area contributed by atoms with Crippen LogP contribution in [0.2, 0.25) is 0 Å². The number of carbonyl (C=O) groups excluding carboxylic acids is 1. The van der Waals surface area contributed by atoms with Gasteiger partial charge < -0.3 is 4.90 Å². The number of rotatable bonds is 6. The first kappa shape index (κ1) is 14.8. The lowest BCUT2D eigenvalue weighted by Gasteiger charge is -2.23. The van der Waals surface area contributed by atoms with E-state index in [1.165, 1.54) is 11.1 Å². The Labute approximate surface area is 122 Å². The Morgan fingerprint density at radius 1 is 1.30 bits per heavy atom. The zero-order valence-corrected chi connectivity index (χ0v) is 12.8. The molecule has 1 aliphatic rings. The quantitative estimate of drug-likeness (QED) is 0.766. The highest BCUT2D eigenvalue weighted by Gasteiger charge is 2.33. The van der Waals surface area contributed by atoms with Gasteiger partial charge in [-0.05, 0) is 36.8 Å². The second-order valence-electron chi connectivity index (χ2n) is 6.16. The van der Waals surface area contributed by atoms with Crippen LogP contribution in [0.1, 0.15) is 39.2 Å². The second kappa shape index (κ2) is 6.74. The molecule has 20 heavy (non-hydrogen) atoms. The molecule has 2 heteroatoms. The fourth-order valence-corrected chi connectivity index (χ4v) is 2.35. The number of carbonyl (C=O) groups is 1. The Balaban J connectivity index is 2.01. The van der Waals surface area contributed by atoms with E-state index >= 15 is 0 Å². The Bertz CT molecular complexity index is 471. The molecule has 1 amide bonds. The molecule has 108 valence electrons. The molecule has 1 saturated carbocycles. The second-order valence-corrected chi connectivity index (χ2v) is 6.16. The van der Waals surface area contributed by atoms with Crippen LogP contribution in [0.15, 0.2) is 36.4 Å². The smallest absolute Gasteiger partial charge is 0.225 e. The maximum absolute atomic E-state index is 12.3. The molecule has 1 aromatic carbocycles. The van der Waals surface area contributed by atoms with Crippen molar-refractivity contribution in [2.75, 3.05) is 13.1 Å². The van der Waals surface area contributed by atoms with Crippen molar-refractivity contribution in [1.82, 2.24) is 4.90 Å². The molecule has 0 heterocycles. The van der Waals surface area contributed by atoms with E-state index in [0.29, 0.717) is 17.7 Å². The van der Waals surface area contributed by atoms with Gasteiger partial charge >= 0.3 is 0 Å². The number of hydrogen-bond acceptors (Lipinski definition) is 1. The molecule has 0 radical (unpaired) electrons. The zero-order chi connectivity index (χ0) is 14.5. The molecule has 0 unspecified atom stereocenters. The van der Waals surface area contributed by atoms with E-state index in [1.54, 1.807) is 0 Å². The summed E-state index contributed by atoms with van der Waals surface area (Å²) in [6.07, 6.45) is 4.33. The van der Waals surface area contributed by atoms with Crippen LogP contribution in [0.3, 0.4) is 0 Å². The van der Waals surface area contributed by atoms with Crippen LogP contribution in [0, 0.1) is 11.8 Å². The molecule has 0 atom stereocenters. The number of amides is 1. The lowest BCUT2D eigenvalue weighted by atomic mass is 10.1. The van der Waals surface area contributed by atoms with E-state index in [0.717, 1.165) is 25.9 Å².